The van der Waals surface area contributed by atoms with E-state index in [-0.39, 0.29) is 6.10 Å². The second-order valence-electron chi connectivity index (χ2n) is 5.02. The van der Waals surface area contributed by atoms with Gasteiger partial charge >= 0.3 is 12.0 Å². The van der Waals surface area contributed by atoms with Crippen molar-refractivity contribution in [1.82, 2.24) is 15.0 Å². The first kappa shape index (κ1) is 14.8. The van der Waals surface area contributed by atoms with E-state index in [9.17, 15) is 0 Å². The zero-order valence-electron chi connectivity index (χ0n) is 12.4. The second kappa shape index (κ2) is 7.87. The van der Waals surface area contributed by atoms with Crippen LogP contribution < -0.4 is 14.8 Å². The number of ether oxygens (including phenoxy) is 2. The van der Waals surface area contributed by atoms with Gasteiger partial charge in [-0.15, -0.1) is 4.98 Å². The molecule has 1 N–H and O–H groups in total. The zero-order valence-corrected chi connectivity index (χ0v) is 12.4. The average Bonchev–Trinajstić information content (AvgIpc) is 2.95. The lowest BCUT2D eigenvalue weighted by Crippen LogP contribution is -2.15. The van der Waals surface area contributed by atoms with E-state index in [0.29, 0.717) is 24.6 Å². The van der Waals surface area contributed by atoms with E-state index in [1.54, 1.807) is 0 Å². The van der Waals surface area contributed by atoms with Gasteiger partial charge < -0.3 is 14.8 Å². The summed E-state index contributed by atoms with van der Waals surface area (Å²) in [5.74, 6) is 0.529. The first-order valence-corrected chi connectivity index (χ1v) is 7.61. The van der Waals surface area contributed by atoms with E-state index in [4.69, 9.17) is 9.47 Å². The van der Waals surface area contributed by atoms with Crippen LogP contribution in [0.1, 0.15) is 52.4 Å². The smallest absolute Gasteiger partial charge is 0.324 e. The first-order valence-electron chi connectivity index (χ1n) is 7.61. The van der Waals surface area contributed by atoms with Crippen LogP contribution in [0.5, 0.6) is 12.0 Å². The highest BCUT2D eigenvalue weighted by molar-refractivity contribution is 5.27. The van der Waals surface area contributed by atoms with Gasteiger partial charge in [0.05, 0.1) is 6.61 Å². The molecule has 112 valence electrons. The lowest BCUT2D eigenvalue weighted by atomic mass is 10.3. The van der Waals surface area contributed by atoms with Crippen molar-refractivity contribution in [3.05, 3.63) is 0 Å². The van der Waals surface area contributed by atoms with Crippen LogP contribution in [0.4, 0.5) is 5.95 Å². The predicted octanol–water partition coefficient (Wildman–Crippen LogP) is 2.80. The van der Waals surface area contributed by atoms with E-state index in [1.807, 2.05) is 6.92 Å². The standard InChI is InChI=1S/C14H24N4O2/c1-3-9-15-12-16-13(19-10-4-2)18-14(17-12)20-11-7-5-6-8-11/h11H,3-10H2,1-2H3,(H,15,16,17,18). The lowest BCUT2D eigenvalue weighted by molar-refractivity contribution is 0.186. The van der Waals surface area contributed by atoms with Crippen molar-refractivity contribution in [2.24, 2.45) is 0 Å². The van der Waals surface area contributed by atoms with Gasteiger partial charge in [0.2, 0.25) is 5.95 Å². The second-order valence-corrected chi connectivity index (χ2v) is 5.02. The van der Waals surface area contributed by atoms with E-state index in [2.05, 4.69) is 27.2 Å². The number of anilines is 1. The van der Waals surface area contributed by atoms with E-state index in [0.717, 1.165) is 32.2 Å². The van der Waals surface area contributed by atoms with Gasteiger partial charge in [-0.05, 0) is 38.5 Å². The Balaban J connectivity index is 2.06. The minimum Gasteiger partial charge on any atom is -0.463 e. The molecule has 0 saturated heterocycles. The van der Waals surface area contributed by atoms with Crippen LogP contribution in [0.25, 0.3) is 0 Å². The van der Waals surface area contributed by atoms with Crippen molar-refractivity contribution in [1.29, 1.82) is 0 Å². The maximum Gasteiger partial charge on any atom is 0.324 e. The molecule has 1 fully saturated rings. The van der Waals surface area contributed by atoms with Crippen LogP contribution in [0.3, 0.4) is 0 Å². The minimum atomic E-state index is 0.232. The number of hydrogen-bond acceptors (Lipinski definition) is 6. The molecule has 0 atom stereocenters. The molecule has 0 bridgehead atoms. The van der Waals surface area contributed by atoms with Gasteiger partial charge in [0.1, 0.15) is 6.10 Å². The molecule has 1 saturated carbocycles. The molecule has 1 aliphatic rings. The van der Waals surface area contributed by atoms with Gasteiger partial charge in [-0.3, -0.25) is 0 Å². The molecule has 1 aromatic rings. The molecule has 1 aliphatic carbocycles. The molecule has 6 nitrogen and oxygen atoms in total. The fraction of sp³-hybridized carbons (Fsp3) is 0.786. The van der Waals surface area contributed by atoms with Gasteiger partial charge in [0, 0.05) is 6.54 Å². The molecule has 0 radical (unpaired) electrons. The van der Waals surface area contributed by atoms with Gasteiger partial charge in [0.25, 0.3) is 0 Å². The van der Waals surface area contributed by atoms with E-state index < -0.39 is 0 Å². The Morgan fingerprint density at radius 1 is 1.05 bits per heavy atom. The molecular formula is C14H24N4O2. The van der Waals surface area contributed by atoms with Crippen molar-refractivity contribution in [2.75, 3.05) is 18.5 Å². The van der Waals surface area contributed by atoms with Crippen molar-refractivity contribution in [3.8, 4) is 12.0 Å². The molecule has 6 heteroatoms. The molecule has 1 heterocycles. The van der Waals surface area contributed by atoms with Crippen LogP contribution in [0, 0.1) is 0 Å². The maximum absolute atomic E-state index is 5.83. The zero-order chi connectivity index (χ0) is 14.2. The fourth-order valence-electron chi connectivity index (χ4n) is 2.12. The van der Waals surface area contributed by atoms with Gasteiger partial charge in [-0.2, -0.15) is 9.97 Å². The number of rotatable bonds is 8. The van der Waals surface area contributed by atoms with Crippen LogP contribution >= 0.6 is 0 Å². The van der Waals surface area contributed by atoms with Crippen LogP contribution in [0.15, 0.2) is 0 Å². The van der Waals surface area contributed by atoms with Gasteiger partial charge in [-0.1, -0.05) is 13.8 Å². The Morgan fingerprint density at radius 2 is 1.80 bits per heavy atom. The number of nitrogens with one attached hydrogen (secondary N) is 1. The fourth-order valence-corrected chi connectivity index (χ4v) is 2.12. The third kappa shape index (κ3) is 4.51. The topological polar surface area (TPSA) is 69.2 Å². The third-order valence-corrected chi connectivity index (χ3v) is 3.14. The normalized spacial score (nSPS) is 15.3. The molecule has 0 amide bonds. The van der Waals surface area contributed by atoms with Crippen LogP contribution in [-0.4, -0.2) is 34.2 Å². The maximum atomic E-state index is 5.83. The molecule has 0 aromatic carbocycles. The summed E-state index contributed by atoms with van der Waals surface area (Å²) in [6, 6.07) is 0.713. The largest absolute Gasteiger partial charge is 0.463 e. The SMILES string of the molecule is CCCNc1nc(OCCC)nc(OC2CCCC2)n1. The first-order chi connectivity index (χ1) is 9.81. The highest BCUT2D eigenvalue weighted by atomic mass is 16.5. The molecule has 20 heavy (non-hydrogen) atoms. The monoisotopic (exact) mass is 280 g/mol. The Labute approximate surface area is 120 Å². The van der Waals surface area contributed by atoms with Crippen LogP contribution in [-0.2, 0) is 0 Å². The summed E-state index contributed by atoms with van der Waals surface area (Å²) in [4.78, 5) is 12.8. The minimum absolute atomic E-state index is 0.232. The number of aromatic nitrogens is 3. The average molecular weight is 280 g/mol. The summed E-state index contributed by atoms with van der Waals surface area (Å²) >= 11 is 0. The van der Waals surface area contributed by atoms with E-state index >= 15 is 0 Å². The highest BCUT2D eigenvalue weighted by Crippen LogP contribution is 2.23. The predicted molar refractivity (Wildman–Crippen MR) is 77.3 cm³/mol. The van der Waals surface area contributed by atoms with Gasteiger partial charge in [-0.25, -0.2) is 0 Å². The quantitative estimate of drug-likeness (QED) is 0.789. The molecule has 0 unspecified atom stereocenters. The molecule has 2 rings (SSSR count). The summed E-state index contributed by atoms with van der Waals surface area (Å²) in [5, 5.41) is 3.15. The number of nitrogens with zero attached hydrogens (tertiary/aromatic N) is 3. The summed E-state index contributed by atoms with van der Waals surface area (Å²) in [7, 11) is 0. The summed E-state index contributed by atoms with van der Waals surface area (Å²) in [6.07, 6.45) is 6.75. The Bertz CT molecular complexity index is 382. The van der Waals surface area contributed by atoms with Crippen LogP contribution in [0.2, 0.25) is 0 Å². The van der Waals surface area contributed by atoms with E-state index in [1.165, 1.54) is 12.8 Å². The van der Waals surface area contributed by atoms with Crippen molar-refractivity contribution < 1.29 is 9.47 Å². The van der Waals surface area contributed by atoms with Crippen molar-refractivity contribution in [2.45, 2.75) is 58.5 Å². The summed E-state index contributed by atoms with van der Waals surface area (Å²) < 4.78 is 11.3. The Hall–Kier alpha value is -1.59. The number of hydrogen-bond donors (Lipinski definition) is 1. The molecular weight excluding hydrogens is 256 g/mol. The molecule has 0 aliphatic heterocycles. The Kier molecular flexibility index (Phi) is 5.83. The molecule has 0 spiro atoms. The Morgan fingerprint density at radius 3 is 2.50 bits per heavy atom. The highest BCUT2D eigenvalue weighted by Gasteiger charge is 2.19. The molecule has 1 aromatic heterocycles. The summed E-state index contributed by atoms with van der Waals surface area (Å²) in [5.41, 5.74) is 0. The summed E-state index contributed by atoms with van der Waals surface area (Å²) in [6.45, 7) is 5.56. The van der Waals surface area contributed by atoms with Crippen molar-refractivity contribution >= 4 is 5.95 Å². The van der Waals surface area contributed by atoms with Gasteiger partial charge in [0.15, 0.2) is 0 Å². The third-order valence-electron chi connectivity index (χ3n) is 3.14. The van der Waals surface area contributed by atoms with Crippen molar-refractivity contribution in [3.63, 3.8) is 0 Å². The lowest BCUT2D eigenvalue weighted by Gasteiger charge is -2.13.